The molecule has 0 unspecified atom stereocenters. The summed E-state index contributed by atoms with van der Waals surface area (Å²) in [5.74, 6) is 0.475. The van der Waals surface area contributed by atoms with E-state index in [2.05, 4.69) is 10.0 Å². The summed E-state index contributed by atoms with van der Waals surface area (Å²) in [7, 11) is -2.41. The van der Waals surface area contributed by atoms with Gasteiger partial charge in [0.2, 0.25) is 5.91 Å². The third-order valence-corrected chi connectivity index (χ3v) is 6.35. The van der Waals surface area contributed by atoms with Gasteiger partial charge >= 0.3 is 0 Å². The molecule has 1 amide bonds. The van der Waals surface area contributed by atoms with Gasteiger partial charge in [-0.25, -0.2) is 13.1 Å². The molecule has 1 aromatic rings. The Morgan fingerprint density at radius 1 is 1.39 bits per heavy atom. The maximum Gasteiger partial charge on any atom is 0.264 e. The number of fused-ring (bicyclic) bond motifs is 2. The van der Waals surface area contributed by atoms with Crippen LogP contribution < -0.4 is 14.8 Å². The molecule has 7 heteroatoms. The quantitative estimate of drug-likeness (QED) is 0.846. The van der Waals surface area contributed by atoms with E-state index in [1.165, 1.54) is 13.2 Å². The Morgan fingerprint density at radius 2 is 2.17 bits per heavy atom. The molecule has 3 atom stereocenters. The Morgan fingerprint density at radius 3 is 2.78 bits per heavy atom. The van der Waals surface area contributed by atoms with E-state index in [0.29, 0.717) is 23.3 Å². The number of hydrogen-bond donors (Lipinski definition) is 2. The summed E-state index contributed by atoms with van der Waals surface area (Å²) >= 11 is 0. The molecule has 0 radical (unpaired) electrons. The molecule has 1 aliphatic heterocycles. The van der Waals surface area contributed by atoms with Crippen molar-refractivity contribution in [1.29, 1.82) is 0 Å². The lowest BCUT2D eigenvalue weighted by molar-refractivity contribution is -0.120. The molecule has 2 N–H and O–H groups in total. The van der Waals surface area contributed by atoms with Crippen molar-refractivity contribution in [3.05, 3.63) is 23.8 Å². The maximum absolute atomic E-state index is 12.5. The van der Waals surface area contributed by atoms with Gasteiger partial charge in [0.25, 0.3) is 10.0 Å². The van der Waals surface area contributed by atoms with Crippen LogP contribution in [0.3, 0.4) is 0 Å². The summed E-state index contributed by atoms with van der Waals surface area (Å²) in [4.78, 5) is 12.2. The van der Waals surface area contributed by atoms with E-state index in [1.54, 1.807) is 19.1 Å². The predicted octanol–water partition coefficient (Wildman–Crippen LogP) is 1.34. The second-order valence-corrected chi connectivity index (χ2v) is 8.06. The molecule has 2 aliphatic rings. The third-order valence-electron chi connectivity index (χ3n) is 4.83. The van der Waals surface area contributed by atoms with Crippen molar-refractivity contribution in [2.75, 3.05) is 7.11 Å². The normalized spacial score (nSPS) is 26.3. The number of hydrogen-bond acceptors (Lipinski definition) is 5. The summed E-state index contributed by atoms with van der Waals surface area (Å²) in [6, 6.07) is 5.37. The number of sulfonamides is 1. The van der Waals surface area contributed by atoms with Crippen LogP contribution in [0.4, 0.5) is 0 Å². The van der Waals surface area contributed by atoms with Crippen LogP contribution in [0.15, 0.2) is 23.1 Å². The number of benzene rings is 1. The van der Waals surface area contributed by atoms with Gasteiger partial charge in [-0.1, -0.05) is 6.07 Å². The van der Waals surface area contributed by atoms with Crippen molar-refractivity contribution in [3.63, 3.8) is 0 Å². The molecule has 23 heavy (non-hydrogen) atoms. The van der Waals surface area contributed by atoms with Crippen LogP contribution in [0.25, 0.3) is 0 Å². The first-order valence-corrected chi connectivity index (χ1v) is 9.33. The Bertz CT molecular complexity index is 717. The van der Waals surface area contributed by atoms with Gasteiger partial charge in [0.1, 0.15) is 5.75 Å². The van der Waals surface area contributed by atoms with Crippen molar-refractivity contribution in [1.82, 2.24) is 10.0 Å². The van der Waals surface area contributed by atoms with Crippen molar-refractivity contribution >= 4 is 15.9 Å². The van der Waals surface area contributed by atoms with Crippen LogP contribution in [0.1, 0.15) is 31.2 Å². The number of ether oxygens (including phenoxy) is 1. The molecule has 2 fully saturated rings. The van der Waals surface area contributed by atoms with Crippen LogP contribution in [-0.4, -0.2) is 33.5 Å². The molecule has 1 saturated carbocycles. The van der Waals surface area contributed by atoms with Crippen LogP contribution in [-0.2, 0) is 14.8 Å². The lowest BCUT2D eigenvalue weighted by Crippen LogP contribution is -2.41. The van der Waals surface area contributed by atoms with Crippen molar-refractivity contribution in [3.8, 4) is 5.75 Å². The molecular weight excluding hydrogens is 316 g/mol. The molecule has 126 valence electrons. The van der Waals surface area contributed by atoms with Gasteiger partial charge in [0.05, 0.1) is 12.0 Å². The zero-order valence-corrected chi connectivity index (χ0v) is 14.2. The molecule has 1 aromatic carbocycles. The lowest BCUT2D eigenvalue weighted by Gasteiger charge is -2.22. The van der Waals surface area contributed by atoms with Crippen molar-refractivity contribution in [2.45, 2.75) is 49.6 Å². The number of nitrogens with one attached hydrogen (secondary N) is 2. The van der Waals surface area contributed by atoms with E-state index in [1.807, 2.05) is 0 Å². The second-order valence-electron chi connectivity index (χ2n) is 6.41. The fourth-order valence-corrected chi connectivity index (χ4v) is 4.90. The number of amides is 1. The zero-order valence-electron chi connectivity index (χ0n) is 13.3. The summed E-state index contributed by atoms with van der Waals surface area (Å²) in [6.45, 7) is 1.69. The van der Waals surface area contributed by atoms with E-state index in [4.69, 9.17) is 4.74 Å². The van der Waals surface area contributed by atoms with Gasteiger partial charge < -0.3 is 10.1 Å². The molecule has 1 heterocycles. The van der Waals surface area contributed by atoms with E-state index < -0.39 is 15.9 Å². The topological polar surface area (TPSA) is 84.5 Å². The first-order chi connectivity index (χ1) is 10.9. The molecule has 2 bridgehead atoms. The van der Waals surface area contributed by atoms with Crippen LogP contribution in [0.2, 0.25) is 0 Å². The minimum Gasteiger partial charge on any atom is -0.497 e. The highest BCUT2D eigenvalue weighted by Gasteiger charge is 2.40. The summed E-state index contributed by atoms with van der Waals surface area (Å²) < 4.78 is 32.2. The zero-order chi connectivity index (χ0) is 16.6. The monoisotopic (exact) mass is 338 g/mol. The van der Waals surface area contributed by atoms with Gasteiger partial charge in [-0.2, -0.15) is 0 Å². The Hall–Kier alpha value is -1.60. The fraction of sp³-hybridized carbons (Fsp3) is 0.562. The standard InChI is InChI=1S/C16H22N2O4S/c1-10-3-6-13(22-2)8-15(10)23(20,21)18-16(19)9-14-11-4-5-12(7-11)17-14/h3,6,8,11-12,14,17H,4-5,7,9H2,1-2H3,(H,18,19)/t11-,12+,14+/m0/s1. The Balaban J connectivity index is 1.69. The summed E-state index contributed by atoms with van der Waals surface area (Å²) in [6.07, 6.45) is 3.57. The number of carbonyl (C=O) groups is 1. The number of methoxy groups -OCH3 is 1. The molecule has 0 aromatic heterocycles. The number of aryl methyl sites for hydroxylation is 1. The minimum absolute atomic E-state index is 0.0751. The van der Waals surface area contributed by atoms with Crippen LogP contribution >= 0.6 is 0 Å². The third kappa shape index (κ3) is 3.35. The average molecular weight is 338 g/mol. The summed E-state index contributed by atoms with van der Waals surface area (Å²) in [5.41, 5.74) is 0.573. The van der Waals surface area contributed by atoms with Gasteiger partial charge in [-0.3, -0.25) is 4.79 Å². The maximum atomic E-state index is 12.5. The molecule has 0 spiro atoms. The fourth-order valence-electron chi connectivity index (χ4n) is 3.64. The van der Waals surface area contributed by atoms with Gasteiger partial charge in [-0.15, -0.1) is 0 Å². The highest BCUT2D eigenvalue weighted by molar-refractivity contribution is 7.90. The average Bonchev–Trinajstić information content (AvgIpc) is 3.09. The first-order valence-electron chi connectivity index (χ1n) is 7.85. The van der Waals surface area contributed by atoms with E-state index in [-0.39, 0.29) is 17.4 Å². The molecule has 1 aliphatic carbocycles. The molecule has 1 saturated heterocycles. The largest absolute Gasteiger partial charge is 0.497 e. The number of piperidine rings is 1. The van der Waals surface area contributed by atoms with Gasteiger partial charge in [0, 0.05) is 24.6 Å². The van der Waals surface area contributed by atoms with E-state index in [9.17, 15) is 13.2 Å². The van der Waals surface area contributed by atoms with Crippen molar-refractivity contribution < 1.29 is 17.9 Å². The van der Waals surface area contributed by atoms with Crippen molar-refractivity contribution in [2.24, 2.45) is 5.92 Å². The Labute approximate surface area is 136 Å². The van der Waals surface area contributed by atoms with Crippen LogP contribution in [0, 0.1) is 12.8 Å². The second kappa shape index (κ2) is 6.13. The number of rotatable bonds is 5. The van der Waals surface area contributed by atoms with Gasteiger partial charge in [0.15, 0.2) is 0 Å². The Kier molecular flexibility index (Phi) is 4.33. The molecule has 6 nitrogen and oxygen atoms in total. The first kappa shape index (κ1) is 16.3. The van der Waals surface area contributed by atoms with Gasteiger partial charge in [-0.05, 0) is 43.7 Å². The molecular formula is C16H22N2O4S. The highest BCUT2D eigenvalue weighted by Crippen LogP contribution is 2.36. The number of carbonyl (C=O) groups excluding carboxylic acids is 1. The van der Waals surface area contributed by atoms with E-state index in [0.717, 1.165) is 19.3 Å². The lowest BCUT2D eigenvalue weighted by atomic mass is 9.97. The van der Waals surface area contributed by atoms with E-state index >= 15 is 0 Å². The predicted molar refractivity (Wildman–Crippen MR) is 85.7 cm³/mol. The summed E-state index contributed by atoms with van der Waals surface area (Å²) in [5, 5.41) is 3.40. The van der Waals surface area contributed by atoms with Crippen LogP contribution in [0.5, 0.6) is 5.75 Å². The minimum atomic E-state index is -3.88. The molecule has 3 rings (SSSR count). The SMILES string of the molecule is COc1ccc(C)c(S(=O)(=O)NC(=O)C[C@H]2N[C@@H]3CC[C@H]2C3)c1. The highest BCUT2D eigenvalue weighted by atomic mass is 32.2. The smallest absolute Gasteiger partial charge is 0.264 e.